The topological polar surface area (TPSA) is 48.7 Å². The highest BCUT2D eigenvalue weighted by Crippen LogP contribution is 2.23. The van der Waals surface area contributed by atoms with Crippen molar-refractivity contribution in [2.24, 2.45) is 0 Å². The van der Waals surface area contributed by atoms with Gasteiger partial charge in [0.15, 0.2) is 0 Å². The van der Waals surface area contributed by atoms with Crippen LogP contribution in [0, 0.1) is 6.92 Å². The Kier molecular flexibility index (Phi) is 4.25. The lowest BCUT2D eigenvalue weighted by Gasteiger charge is -2.21. The summed E-state index contributed by atoms with van der Waals surface area (Å²) in [5.74, 6) is -0.229. The maximum Gasteiger partial charge on any atom is 0.310 e. The summed E-state index contributed by atoms with van der Waals surface area (Å²) in [5, 5.41) is 0.978. The van der Waals surface area contributed by atoms with Crippen molar-refractivity contribution < 1.29 is 18.7 Å². The highest BCUT2D eigenvalue weighted by molar-refractivity contribution is 5.86. The lowest BCUT2D eigenvalue weighted by Crippen LogP contribution is -2.26. The SMILES string of the molecule is Cc1ccc2c(CC(=O)OCC3CCCCO3)coc2c1. The van der Waals surface area contributed by atoms with Gasteiger partial charge in [0.1, 0.15) is 12.2 Å². The quantitative estimate of drug-likeness (QED) is 0.809. The van der Waals surface area contributed by atoms with Crippen molar-refractivity contribution in [3.05, 3.63) is 35.6 Å². The van der Waals surface area contributed by atoms with E-state index in [1.807, 2.05) is 25.1 Å². The van der Waals surface area contributed by atoms with Gasteiger partial charge in [0.05, 0.1) is 18.8 Å². The molecular formula is C17H20O4. The first-order valence-corrected chi connectivity index (χ1v) is 7.46. The second-order valence-electron chi connectivity index (χ2n) is 5.61. The molecule has 1 aliphatic heterocycles. The molecule has 1 unspecified atom stereocenters. The van der Waals surface area contributed by atoms with Crippen molar-refractivity contribution in [1.29, 1.82) is 0 Å². The Bertz CT molecular complexity index is 623. The molecule has 1 atom stereocenters. The van der Waals surface area contributed by atoms with E-state index in [1.54, 1.807) is 6.26 Å². The minimum atomic E-state index is -0.229. The number of benzene rings is 1. The number of furan rings is 1. The van der Waals surface area contributed by atoms with Crippen molar-refractivity contribution in [1.82, 2.24) is 0 Å². The molecule has 4 nitrogen and oxygen atoms in total. The zero-order valence-electron chi connectivity index (χ0n) is 12.3. The van der Waals surface area contributed by atoms with Crippen LogP contribution in [0.5, 0.6) is 0 Å². The van der Waals surface area contributed by atoms with Gasteiger partial charge in [0.2, 0.25) is 0 Å². The Morgan fingerprint density at radius 3 is 3.10 bits per heavy atom. The molecule has 1 saturated heterocycles. The smallest absolute Gasteiger partial charge is 0.310 e. The fourth-order valence-corrected chi connectivity index (χ4v) is 2.66. The summed E-state index contributed by atoms with van der Waals surface area (Å²) in [6, 6.07) is 5.98. The van der Waals surface area contributed by atoms with Crippen molar-refractivity contribution >= 4 is 16.9 Å². The van der Waals surface area contributed by atoms with Gasteiger partial charge in [-0.05, 0) is 37.8 Å². The van der Waals surface area contributed by atoms with Crippen LogP contribution in [0.2, 0.25) is 0 Å². The van der Waals surface area contributed by atoms with Crippen molar-refractivity contribution in [2.75, 3.05) is 13.2 Å². The summed E-state index contributed by atoms with van der Waals surface area (Å²) in [7, 11) is 0. The first kappa shape index (κ1) is 14.1. The number of aryl methyl sites for hydroxylation is 1. The fraction of sp³-hybridized carbons (Fsp3) is 0.471. The molecule has 4 heteroatoms. The average Bonchev–Trinajstić information content (AvgIpc) is 2.88. The van der Waals surface area contributed by atoms with E-state index in [9.17, 15) is 4.79 Å². The molecule has 21 heavy (non-hydrogen) atoms. The molecule has 2 aromatic rings. The maximum atomic E-state index is 11.9. The molecule has 1 aromatic carbocycles. The zero-order valence-corrected chi connectivity index (χ0v) is 12.3. The van der Waals surface area contributed by atoms with Crippen LogP contribution >= 0.6 is 0 Å². The predicted octanol–water partition coefficient (Wildman–Crippen LogP) is 3.40. The lowest BCUT2D eigenvalue weighted by atomic mass is 10.1. The van der Waals surface area contributed by atoms with Gasteiger partial charge in [-0.15, -0.1) is 0 Å². The molecule has 1 aliphatic rings. The highest BCUT2D eigenvalue weighted by Gasteiger charge is 2.17. The first-order valence-electron chi connectivity index (χ1n) is 7.46. The molecule has 1 aromatic heterocycles. The molecule has 0 bridgehead atoms. The summed E-state index contributed by atoms with van der Waals surface area (Å²) in [4.78, 5) is 11.9. The molecule has 0 spiro atoms. The van der Waals surface area contributed by atoms with Gasteiger partial charge in [0.25, 0.3) is 0 Å². The van der Waals surface area contributed by atoms with Gasteiger partial charge in [-0.3, -0.25) is 4.79 Å². The van der Waals surface area contributed by atoms with Gasteiger partial charge in [-0.1, -0.05) is 12.1 Å². The average molecular weight is 288 g/mol. The van der Waals surface area contributed by atoms with E-state index in [-0.39, 0.29) is 18.5 Å². The third-order valence-corrected chi connectivity index (χ3v) is 3.85. The number of hydrogen-bond acceptors (Lipinski definition) is 4. The number of carbonyl (C=O) groups excluding carboxylic acids is 1. The number of hydrogen-bond donors (Lipinski definition) is 0. The molecule has 1 fully saturated rings. The van der Waals surface area contributed by atoms with Gasteiger partial charge in [-0.2, -0.15) is 0 Å². The third-order valence-electron chi connectivity index (χ3n) is 3.85. The first-order chi connectivity index (χ1) is 10.2. The predicted molar refractivity (Wildman–Crippen MR) is 79.2 cm³/mol. The summed E-state index contributed by atoms with van der Waals surface area (Å²) >= 11 is 0. The largest absolute Gasteiger partial charge is 0.464 e. The van der Waals surface area contributed by atoms with Crippen LogP contribution in [0.25, 0.3) is 11.0 Å². The molecule has 0 amide bonds. The van der Waals surface area contributed by atoms with Crippen molar-refractivity contribution in [3.8, 4) is 0 Å². The monoisotopic (exact) mass is 288 g/mol. The third kappa shape index (κ3) is 3.45. The van der Waals surface area contributed by atoms with E-state index in [4.69, 9.17) is 13.9 Å². The lowest BCUT2D eigenvalue weighted by molar-refractivity contribution is -0.148. The number of carbonyl (C=O) groups is 1. The molecule has 2 heterocycles. The Balaban J connectivity index is 1.58. The second-order valence-corrected chi connectivity index (χ2v) is 5.61. The Hall–Kier alpha value is -1.81. The van der Waals surface area contributed by atoms with Gasteiger partial charge in [0, 0.05) is 17.6 Å². The maximum absolute atomic E-state index is 11.9. The van der Waals surface area contributed by atoms with Crippen LogP contribution < -0.4 is 0 Å². The van der Waals surface area contributed by atoms with E-state index in [2.05, 4.69) is 0 Å². The fourth-order valence-electron chi connectivity index (χ4n) is 2.66. The van der Waals surface area contributed by atoms with Crippen molar-refractivity contribution in [3.63, 3.8) is 0 Å². The normalized spacial score (nSPS) is 18.8. The Morgan fingerprint density at radius 2 is 2.29 bits per heavy atom. The number of rotatable bonds is 4. The van der Waals surface area contributed by atoms with Crippen LogP contribution in [0.15, 0.2) is 28.9 Å². The van der Waals surface area contributed by atoms with Crippen LogP contribution in [-0.4, -0.2) is 25.3 Å². The zero-order chi connectivity index (χ0) is 14.7. The molecule has 3 rings (SSSR count). The van der Waals surface area contributed by atoms with E-state index >= 15 is 0 Å². The molecule has 0 radical (unpaired) electrons. The number of ether oxygens (including phenoxy) is 2. The molecule has 112 valence electrons. The Morgan fingerprint density at radius 1 is 1.38 bits per heavy atom. The minimum Gasteiger partial charge on any atom is -0.464 e. The summed E-state index contributed by atoms with van der Waals surface area (Å²) in [5.41, 5.74) is 2.83. The van der Waals surface area contributed by atoms with E-state index in [0.29, 0.717) is 6.61 Å². The van der Waals surface area contributed by atoms with Crippen LogP contribution in [0.3, 0.4) is 0 Å². The number of esters is 1. The summed E-state index contributed by atoms with van der Waals surface area (Å²) < 4.78 is 16.4. The standard InChI is InChI=1S/C17H20O4/c1-12-5-6-15-13(10-20-16(15)8-12)9-17(18)21-11-14-4-2-3-7-19-14/h5-6,8,10,14H,2-4,7,9,11H2,1H3. The van der Waals surface area contributed by atoms with Gasteiger partial charge < -0.3 is 13.9 Å². The van der Waals surface area contributed by atoms with Crippen LogP contribution in [0.4, 0.5) is 0 Å². The van der Waals surface area contributed by atoms with E-state index < -0.39 is 0 Å². The second kappa shape index (κ2) is 6.31. The van der Waals surface area contributed by atoms with Gasteiger partial charge >= 0.3 is 5.97 Å². The van der Waals surface area contributed by atoms with Crippen molar-refractivity contribution in [2.45, 2.75) is 38.7 Å². The minimum absolute atomic E-state index is 0.0615. The summed E-state index contributed by atoms with van der Waals surface area (Å²) in [6.45, 7) is 3.14. The van der Waals surface area contributed by atoms with E-state index in [0.717, 1.165) is 48.0 Å². The number of fused-ring (bicyclic) bond motifs is 1. The molecule has 0 N–H and O–H groups in total. The summed E-state index contributed by atoms with van der Waals surface area (Å²) in [6.07, 6.45) is 5.16. The highest BCUT2D eigenvalue weighted by atomic mass is 16.6. The molecular weight excluding hydrogens is 268 g/mol. The van der Waals surface area contributed by atoms with Crippen LogP contribution in [-0.2, 0) is 20.7 Å². The molecule has 0 aliphatic carbocycles. The van der Waals surface area contributed by atoms with Crippen LogP contribution in [0.1, 0.15) is 30.4 Å². The van der Waals surface area contributed by atoms with E-state index in [1.165, 1.54) is 0 Å². The Labute approximate surface area is 124 Å². The molecule has 0 saturated carbocycles. The van der Waals surface area contributed by atoms with Gasteiger partial charge in [-0.25, -0.2) is 0 Å².